The van der Waals surface area contributed by atoms with Gasteiger partial charge in [0.1, 0.15) is 17.9 Å². The van der Waals surface area contributed by atoms with E-state index in [-0.39, 0.29) is 39.8 Å². The van der Waals surface area contributed by atoms with Crippen LogP contribution in [-0.4, -0.2) is 85.8 Å². The van der Waals surface area contributed by atoms with Gasteiger partial charge in [0.05, 0.1) is 11.4 Å². The number of alkyl halides is 3. The van der Waals surface area contributed by atoms with Gasteiger partial charge in [0.25, 0.3) is 0 Å². The number of nitrogens with two attached hydrogens (primary N) is 2. The van der Waals surface area contributed by atoms with Gasteiger partial charge >= 0.3 is 18.1 Å². The van der Waals surface area contributed by atoms with E-state index in [0.717, 1.165) is 0 Å². The molecule has 2 aromatic heterocycles. The highest BCUT2D eigenvalue weighted by Crippen LogP contribution is 2.45. The second kappa shape index (κ2) is 14.0. The molecule has 0 radical (unpaired) electrons. The molecule has 5 rings (SSSR count). The van der Waals surface area contributed by atoms with Crippen LogP contribution in [0, 0.1) is 18.3 Å². The topological polar surface area (TPSA) is 175 Å². The number of hydrogen-bond donors (Lipinski definition) is 3. The molecule has 2 aliphatic heterocycles. The monoisotopic (exact) mass is 708 g/mol. The summed E-state index contributed by atoms with van der Waals surface area (Å²) in [5, 5.41) is 14.5. The van der Waals surface area contributed by atoms with Gasteiger partial charge in [-0.2, -0.15) is 28.2 Å². The first kappa shape index (κ1) is 36.1. The van der Waals surface area contributed by atoms with E-state index in [1.54, 1.807) is 38.7 Å². The first-order chi connectivity index (χ1) is 23.0. The molecule has 2 aliphatic rings. The van der Waals surface area contributed by atoms with Crippen molar-refractivity contribution in [2.45, 2.75) is 77.5 Å². The maximum atomic E-state index is 14.6. The third-order valence-corrected chi connectivity index (χ3v) is 9.44. The number of rotatable bonds is 10. The molecule has 0 aliphatic carbocycles. The lowest BCUT2D eigenvalue weighted by molar-refractivity contribution is -0.198. The Kier molecular flexibility index (Phi) is 10.3. The van der Waals surface area contributed by atoms with Gasteiger partial charge in [-0.05, 0) is 62.6 Å². The van der Waals surface area contributed by atoms with Crippen LogP contribution in [0.5, 0.6) is 5.88 Å². The minimum atomic E-state index is -4.86. The number of aryl methyl sites for hydroxylation is 1. The van der Waals surface area contributed by atoms with Gasteiger partial charge in [-0.25, -0.2) is 4.68 Å². The quantitative estimate of drug-likeness (QED) is 0.252. The summed E-state index contributed by atoms with van der Waals surface area (Å²) in [5.74, 6) is -2.15. The van der Waals surface area contributed by atoms with Crippen LogP contribution in [0.1, 0.15) is 57.4 Å². The minimum Gasteiger partial charge on any atom is -0.480 e. The van der Waals surface area contributed by atoms with E-state index in [2.05, 4.69) is 15.1 Å². The van der Waals surface area contributed by atoms with Crippen molar-refractivity contribution in [3.63, 3.8) is 0 Å². The number of nitrogen functional groups attached to an aromatic ring is 1. The molecular formula is C32H40ClF3N8O5. The molecule has 5 N–H and O–H groups in total. The van der Waals surface area contributed by atoms with E-state index in [4.69, 9.17) is 32.5 Å². The Morgan fingerprint density at radius 3 is 2.41 bits per heavy atom. The Morgan fingerprint density at radius 1 is 1.12 bits per heavy atom. The standard InChI is InChI=1S/C32H40ClF3N8O5/c1-17(2)26(37)29(47)48-19(4)43-16-31(15-23(43)28(45)46)8-11-42(12-9-31)24-14-25(40-30(38)39-24)49-27(32(34,35)36)21-6-5-20(33)13-22(21)44-10-7-18(3)41-44/h5-7,10,13-14,17,19,23,26-27H,8-9,11-12,15-16,37H2,1-4H3,(H,45,46)(H2,38,39,40)/t19?,23-,26+,27+/m0/s1. The zero-order valence-electron chi connectivity index (χ0n) is 27.5. The molecule has 0 saturated carbocycles. The first-order valence-electron chi connectivity index (χ1n) is 15.9. The van der Waals surface area contributed by atoms with Gasteiger partial charge < -0.3 is 30.9 Å². The molecule has 1 aromatic carbocycles. The summed E-state index contributed by atoms with van der Waals surface area (Å²) < 4.78 is 56.2. The number of nitrogens with zero attached hydrogens (tertiary/aromatic N) is 6. The fourth-order valence-corrected chi connectivity index (χ4v) is 6.59. The van der Waals surface area contributed by atoms with Crippen LogP contribution in [0.2, 0.25) is 5.02 Å². The van der Waals surface area contributed by atoms with Gasteiger partial charge in [-0.3, -0.25) is 14.5 Å². The summed E-state index contributed by atoms with van der Waals surface area (Å²) >= 11 is 6.15. The molecule has 49 heavy (non-hydrogen) atoms. The Morgan fingerprint density at radius 2 is 1.82 bits per heavy atom. The third-order valence-electron chi connectivity index (χ3n) is 9.21. The Labute approximate surface area is 286 Å². The normalized spacial score (nSPS) is 20.0. The Balaban J connectivity index is 1.33. The van der Waals surface area contributed by atoms with Gasteiger partial charge in [0.2, 0.25) is 17.9 Å². The smallest absolute Gasteiger partial charge is 0.429 e. The lowest BCUT2D eigenvalue weighted by Crippen LogP contribution is -2.48. The van der Waals surface area contributed by atoms with Gasteiger partial charge in [-0.1, -0.05) is 31.5 Å². The molecule has 1 spiro atoms. The van der Waals surface area contributed by atoms with Crippen LogP contribution in [0.4, 0.5) is 24.9 Å². The fraction of sp³-hybridized carbons (Fsp3) is 0.531. The molecule has 3 aromatic rings. The molecule has 1 unspecified atom stereocenters. The zero-order valence-corrected chi connectivity index (χ0v) is 28.3. The van der Waals surface area contributed by atoms with E-state index in [9.17, 15) is 27.9 Å². The highest BCUT2D eigenvalue weighted by atomic mass is 35.5. The molecule has 0 bridgehead atoms. The lowest BCUT2D eigenvalue weighted by atomic mass is 9.76. The number of esters is 1. The number of aromatic nitrogens is 4. The van der Waals surface area contributed by atoms with Gasteiger partial charge in [0.15, 0.2) is 6.23 Å². The summed E-state index contributed by atoms with van der Waals surface area (Å²) in [6.45, 7) is 8.12. The Bertz CT molecular complexity index is 1680. The van der Waals surface area contributed by atoms with Crippen LogP contribution < -0.4 is 21.1 Å². The number of carbonyl (C=O) groups excluding carboxylic acids is 1. The van der Waals surface area contributed by atoms with Crippen LogP contribution in [0.25, 0.3) is 5.69 Å². The number of aliphatic carboxylic acids is 1. The average Bonchev–Trinajstić information content (AvgIpc) is 3.63. The van der Waals surface area contributed by atoms with Crippen molar-refractivity contribution in [3.05, 3.63) is 52.8 Å². The minimum absolute atomic E-state index is 0.0867. The number of halogens is 4. The second-order valence-corrected chi connectivity index (χ2v) is 13.5. The number of anilines is 2. The van der Waals surface area contributed by atoms with Gasteiger partial charge in [-0.15, -0.1) is 0 Å². The highest BCUT2D eigenvalue weighted by molar-refractivity contribution is 6.30. The number of ether oxygens (including phenoxy) is 2. The number of likely N-dealkylation sites (tertiary alicyclic amines) is 1. The fourth-order valence-electron chi connectivity index (χ4n) is 6.43. The predicted octanol–water partition coefficient (Wildman–Crippen LogP) is 4.51. The molecule has 0 amide bonds. The summed E-state index contributed by atoms with van der Waals surface area (Å²) in [6.07, 6.45) is -5.16. The Hall–Kier alpha value is -4.15. The van der Waals surface area contributed by atoms with Crippen LogP contribution >= 0.6 is 11.6 Å². The number of benzene rings is 1. The van der Waals surface area contributed by atoms with Crippen molar-refractivity contribution in [2.75, 3.05) is 30.3 Å². The number of carbonyl (C=O) groups is 2. The van der Waals surface area contributed by atoms with Gasteiger partial charge in [0, 0.05) is 42.5 Å². The van der Waals surface area contributed by atoms with Crippen LogP contribution in [-0.2, 0) is 14.3 Å². The first-order valence-corrected chi connectivity index (χ1v) is 16.2. The van der Waals surface area contributed by atoms with Crippen LogP contribution in [0.3, 0.4) is 0 Å². The maximum Gasteiger partial charge on any atom is 0.429 e. The lowest BCUT2D eigenvalue weighted by Gasteiger charge is -2.40. The predicted molar refractivity (Wildman–Crippen MR) is 174 cm³/mol. The molecule has 13 nitrogen and oxygen atoms in total. The number of carboxylic acids is 1. The van der Waals surface area contributed by atoms with Crippen molar-refractivity contribution in [1.82, 2.24) is 24.6 Å². The van der Waals surface area contributed by atoms with E-state index in [0.29, 0.717) is 44.6 Å². The summed E-state index contributed by atoms with van der Waals surface area (Å²) in [4.78, 5) is 36.5. The molecule has 2 saturated heterocycles. The SMILES string of the molecule is Cc1ccn(-c2cc(Cl)ccc2[C@@H](Oc2cc(N3CCC4(CC3)C[C@@H](C(=O)O)N(C(C)OC(=O)[C@H](N)C(C)C)C4)nc(N)n2)C(F)(F)F)n1. The zero-order chi connectivity index (χ0) is 35.8. The molecule has 266 valence electrons. The number of carboxylic acid groups (broad SMARTS) is 1. The number of piperidine rings is 1. The molecule has 4 heterocycles. The highest BCUT2D eigenvalue weighted by Gasteiger charge is 2.51. The molecule has 2 fully saturated rings. The van der Waals surface area contributed by atoms with Crippen LogP contribution in [0.15, 0.2) is 36.5 Å². The molecule has 4 atom stereocenters. The summed E-state index contributed by atoms with van der Waals surface area (Å²) in [7, 11) is 0. The second-order valence-electron chi connectivity index (χ2n) is 13.1. The van der Waals surface area contributed by atoms with E-state index < -0.39 is 47.9 Å². The van der Waals surface area contributed by atoms with Crippen molar-refractivity contribution >= 4 is 35.3 Å². The van der Waals surface area contributed by atoms with Crippen molar-refractivity contribution in [3.8, 4) is 11.6 Å². The largest absolute Gasteiger partial charge is 0.480 e. The molecule has 17 heteroatoms. The maximum absolute atomic E-state index is 14.6. The average molecular weight is 709 g/mol. The number of hydrogen-bond acceptors (Lipinski definition) is 11. The summed E-state index contributed by atoms with van der Waals surface area (Å²) in [5.41, 5.74) is 11.9. The van der Waals surface area contributed by atoms with E-state index >= 15 is 0 Å². The van der Waals surface area contributed by atoms with Crippen molar-refractivity contribution in [2.24, 2.45) is 17.1 Å². The summed E-state index contributed by atoms with van der Waals surface area (Å²) in [6, 6.07) is 5.20. The molecular weight excluding hydrogens is 669 g/mol. The van der Waals surface area contributed by atoms with Crippen molar-refractivity contribution < 1.29 is 37.3 Å². The third kappa shape index (κ3) is 8.02. The van der Waals surface area contributed by atoms with Crippen molar-refractivity contribution in [1.29, 1.82) is 0 Å². The van der Waals surface area contributed by atoms with E-state index in [1.807, 2.05) is 4.90 Å². The van der Waals surface area contributed by atoms with E-state index in [1.165, 1.54) is 35.1 Å².